The fourth-order valence-electron chi connectivity index (χ4n) is 1.95. The Morgan fingerprint density at radius 2 is 1.89 bits per heavy atom. The van der Waals surface area contributed by atoms with Gasteiger partial charge in [-0.2, -0.15) is 13.2 Å². The molecule has 1 aliphatic heterocycles. The van der Waals surface area contributed by atoms with E-state index < -0.39 is 11.7 Å². The van der Waals surface area contributed by atoms with Gasteiger partial charge in [0, 0.05) is 19.3 Å². The topological polar surface area (TPSA) is 21.3 Å². The van der Waals surface area contributed by atoms with Crippen LogP contribution in [0.15, 0.2) is 18.2 Å². The van der Waals surface area contributed by atoms with Crippen LogP contribution >= 0.6 is 11.6 Å². The molecule has 100 valence electrons. The molecule has 1 N–H and O–H groups in total. The van der Waals surface area contributed by atoms with Gasteiger partial charge in [-0.15, -0.1) is 0 Å². The Balaban J connectivity index is 2.25. The van der Waals surface area contributed by atoms with E-state index >= 15 is 0 Å². The maximum atomic E-state index is 12.9. The summed E-state index contributed by atoms with van der Waals surface area (Å²) in [4.78, 5) is 0. The third-order valence-corrected chi connectivity index (χ3v) is 3.20. The average Bonchev–Trinajstić information content (AvgIpc) is 2.32. The third-order valence-electron chi connectivity index (χ3n) is 2.89. The molecule has 2 rings (SSSR count). The summed E-state index contributed by atoms with van der Waals surface area (Å²) in [7, 11) is 0. The van der Waals surface area contributed by atoms with Gasteiger partial charge in [0.25, 0.3) is 0 Å². The molecule has 0 bridgehead atoms. The van der Waals surface area contributed by atoms with Crippen molar-refractivity contribution >= 4 is 17.3 Å². The SMILES string of the molecule is FC(F)(F)c1cccc(Cl)c1NC1CCOCC1. The lowest BCUT2D eigenvalue weighted by molar-refractivity contribution is -0.137. The quantitative estimate of drug-likeness (QED) is 0.885. The number of hydrogen-bond donors (Lipinski definition) is 1. The van der Waals surface area contributed by atoms with Crippen LogP contribution in [-0.4, -0.2) is 19.3 Å². The largest absolute Gasteiger partial charge is 0.418 e. The molecule has 18 heavy (non-hydrogen) atoms. The maximum Gasteiger partial charge on any atom is 0.418 e. The highest BCUT2D eigenvalue weighted by Crippen LogP contribution is 2.39. The summed E-state index contributed by atoms with van der Waals surface area (Å²) in [6.45, 7) is 1.12. The summed E-state index contributed by atoms with van der Waals surface area (Å²) >= 11 is 5.86. The van der Waals surface area contributed by atoms with Crippen LogP contribution in [0.4, 0.5) is 18.9 Å². The van der Waals surface area contributed by atoms with Crippen LogP contribution in [0, 0.1) is 0 Å². The normalized spacial score (nSPS) is 17.8. The zero-order chi connectivity index (χ0) is 13.2. The van der Waals surface area contributed by atoms with Gasteiger partial charge in [-0.3, -0.25) is 0 Å². The number of anilines is 1. The van der Waals surface area contributed by atoms with Gasteiger partial charge in [0.05, 0.1) is 16.3 Å². The second-order valence-electron chi connectivity index (χ2n) is 4.19. The molecule has 0 saturated carbocycles. The Hall–Kier alpha value is -0.940. The molecular weight excluding hydrogens is 267 g/mol. The predicted molar refractivity (Wildman–Crippen MR) is 63.9 cm³/mol. The number of nitrogens with one attached hydrogen (secondary N) is 1. The van der Waals surface area contributed by atoms with E-state index in [0.717, 1.165) is 6.07 Å². The van der Waals surface area contributed by atoms with E-state index in [1.807, 2.05) is 0 Å². The van der Waals surface area contributed by atoms with E-state index in [-0.39, 0.29) is 16.8 Å². The second-order valence-corrected chi connectivity index (χ2v) is 4.60. The molecule has 1 fully saturated rings. The number of halogens is 4. The zero-order valence-corrected chi connectivity index (χ0v) is 10.3. The van der Waals surface area contributed by atoms with Crippen LogP contribution in [0.2, 0.25) is 5.02 Å². The fourth-order valence-corrected chi connectivity index (χ4v) is 2.18. The van der Waals surface area contributed by atoms with E-state index in [1.54, 1.807) is 0 Å². The first-order valence-corrected chi connectivity index (χ1v) is 6.06. The first kappa shape index (κ1) is 13.5. The Kier molecular flexibility index (Phi) is 4.02. The van der Waals surface area contributed by atoms with E-state index in [2.05, 4.69) is 5.32 Å². The number of rotatable bonds is 2. The third kappa shape index (κ3) is 3.09. The van der Waals surface area contributed by atoms with Gasteiger partial charge in [0.1, 0.15) is 0 Å². The summed E-state index contributed by atoms with van der Waals surface area (Å²) in [6.07, 6.45) is -3.04. The van der Waals surface area contributed by atoms with Crippen molar-refractivity contribution < 1.29 is 17.9 Å². The van der Waals surface area contributed by atoms with Gasteiger partial charge in [0.2, 0.25) is 0 Å². The van der Waals surface area contributed by atoms with Gasteiger partial charge in [-0.05, 0) is 25.0 Å². The fraction of sp³-hybridized carbons (Fsp3) is 0.500. The van der Waals surface area contributed by atoms with Gasteiger partial charge >= 0.3 is 6.18 Å². The molecule has 1 aromatic carbocycles. The Morgan fingerprint density at radius 3 is 2.50 bits per heavy atom. The summed E-state index contributed by atoms with van der Waals surface area (Å²) in [5.74, 6) is 0. The van der Waals surface area contributed by atoms with E-state index in [1.165, 1.54) is 12.1 Å². The molecule has 2 nitrogen and oxygen atoms in total. The molecule has 0 amide bonds. The van der Waals surface area contributed by atoms with Crippen molar-refractivity contribution in [2.45, 2.75) is 25.1 Å². The molecule has 1 saturated heterocycles. The summed E-state index contributed by atoms with van der Waals surface area (Å²) in [5, 5.41) is 2.99. The molecule has 0 atom stereocenters. The molecule has 1 aliphatic rings. The maximum absolute atomic E-state index is 12.9. The molecular formula is C12H13ClF3NO. The first-order chi connectivity index (χ1) is 8.48. The number of para-hydroxylation sites is 1. The van der Waals surface area contributed by atoms with Crippen LogP contribution in [0.3, 0.4) is 0 Å². The number of benzene rings is 1. The van der Waals surface area contributed by atoms with Gasteiger partial charge < -0.3 is 10.1 Å². The van der Waals surface area contributed by atoms with Crippen LogP contribution in [-0.2, 0) is 10.9 Å². The van der Waals surface area contributed by atoms with Crippen molar-refractivity contribution in [2.24, 2.45) is 0 Å². The highest BCUT2D eigenvalue weighted by Gasteiger charge is 2.34. The average molecular weight is 280 g/mol. The summed E-state index contributed by atoms with van der Waals surface area (Å²) in [5.41, 5.74) is -0.750. The molecule has 6 heteroatoms. The molecule has 1 aromatic rings. The van der Waals surface area contributed by atoms with Gasteiger partial charge in [-0.1, -0.05) is 17.7 Å². The molecule has 0 spiro atoms. The van der Waals surface area contributed by atoms with Crippen molar-refractivity contribution in [3.63, 3.8) is 0 Å². The first-order valence-electron chi connectivity index (χ1n) is 5.68. The lowest BCUT2D eigenvalue weighted by Gasteiger charge is -2.26. The smallest absolute Gasteiger partial charge is 0.381 e. The summed E-state index contributed by atoms with van der Waals surface area (Å²) < 4.78 is 43.7. The molecule has 0 unspecified atom stereocenters. The number of ether oxygens (including phenoxy) is 1. The van der Waals surface area contributed by atoms with Crippen LogP contribution in [0.1, 0.15) is 18.4 Å². The van der Waals surface area contributed by atoms with E-state index in [0.29, 0.717) is 26.1 Å². The highest BCUT2D eigenvalue weighted by molar-refractivity contribution is 6.33. The van der Waals surface area contributed by atoms with Crippen molar-refractivity contribution in [2.75, 3.05) is 18.5 Å². The minimum Gasteiger partial charge on any atom is -0.381 e. The summed E-state index contributed by atoms with van der Waals surface area (Å²) in [6, 6.07) is 3.77. The van der Waals surface area contributed by atoms with Crippen molar-refractivity contribution in [3.8, 4) is 0 Å². The van der Waals surface area contributed by atoms with Crippen LogP contribution in [0.5, 0.6) is 0 Å². The minimum absolute atomic E-state index is 0.0280. The lowest BCUT2D eigenvalue weighted by atomic mass is 10.1. The Morgan fingerprint density at radius 1 is 1.22 bits per heavy atom. The minimum atomic E-state index is -4.40. The molecule has 0 radical (unpaired) electrons. The monoisotopic (exact) mass is 279 g/mol. The number of hydrogen-bond acceptors (Lipinski definition) is 2. The standard InChI is InChI=1S/C12H13ClF3NO/c13-10-3-1-2-9(12(14,15)16)11(10)17-8-4-6-18-7-5-8/h1-3,8,17H,4-7H2. The van der Waals surface area contributed by atoms with E-state index in [4.69, 9.17) is 16.3 Å². The molecule has 1 heterocycles. The zero-order valence-electron chi connectivity index (χ0n) is 9.56. The van der Waals surface area contributed by atoms with Crippen molar-refractivity contribution in [1.29, 1.82) is 0 Å². The molecule has 0 aliphatic carbocycles. The second kappa shape index (κ2) is 5.36. The van der Waals surface area contributed by atoms with Crippen LogP contribution < -0.4 is 5.32 Å². The van der Waals surface area contributed by atoms with Gasteiger partial charge in [0.15, 0.2) is 0 Å². The Labute approximate surface area is 108 Å². The van der Waals surface area contributed by atoms with E-state index in [9.17, 15) is 13.2 Å². The lowest BCUT2D eigenvalue weighted by Crippen LogP contribution is -2.29. The predicted octanol–water partition coefficient (Wildman–Crippen LogP) is 3.95. The van der Waals surface area contributed by atoms with Gasteiger partial charge in [-0.25, -0.2) is 0 Å². The van der Waals surface area contributed by atoms with Crippen molar-refractivity contribution in [3.05, 3.63) is 28.8 Å². The van der Waals surface area contributed by atoms with Crippen LogP contribution in [0.25, 0.3) is 0 Å². The highest BCUT2D eigenvalue weighted by atomic mass is 35.5. The number of alkyl halides is 3. The van der Waals surface area contributed by atoms with Crippen molar-refractivity contribution in [1.82, 2.24) is 0 Å². The Bertz CT molecular complexity index is 416. The molecule has 0 aromatic heterocycles.